The molecule has 0 aliphatic rings. The van der Waals surface area contributed by atoms with Crippen LogP contribution in [0, 0.1) is 0 Å². The van der Waals surface area contributed by atoms with Crippen LogP contribution < -0.4 is 0 Å². The molecule has 0 spiro atoms. The molecule has 2 aromatic heterocycles. The summed E-state index contributed by atoms with van der Waals surface area (Å²) in [5.74, 6) is 0. The molecule has 0 bridgehead atoms. The maximum Gasteiger partial charge on any atom is 0.0746 e. The maximum atomic E-state index is 3.67. The molecule has 2 aromatic rings. The summed E-state index contributed by atoms with van der Waals surface area (Å²) in [5, 5.41) is 6.40. The molecular formula is C9H7BrS2. The molecule has 2 heterocycles. The van der Waals surface area contributed by atoms with Gasteiger partial charge in [-0.15, -0.1) is 11.3 Å². The number of hydrogen-bond donors (Lipinski definition) is 0. The fourth-order valence-corrected chi connectivity index (χ4v) is 3.37. The minimum Gasteiger partial charge on any atom is -0.152 e. The Labute approximate surface area is 88.0 Å². The lowest BCUT2D eigenvalue weighted by atomic mass is 10.2. The molecule has 2 rings (SSSR count). The smallest absolute Gasteiger partial charge is 0.0746 e. The van der Waals surface area contributed by atoms with E-state index in [1.165, 1.54) is 10.4 Å². The van der Waals surface area contributed by atoms with Crippen LogP contribution in [-0.2, 0) is 0 Å². The number of halogens is 1. The Hall–Kier alpha value is -0.120. The number of hydrogen-bond acceptors (Lipinski definition) is 2. The van der Waals surface area contributed by atoms with E-state index in [4.69, 9.17) is 0 Å². The SMILES string of the molecule is BrC(c1ccsc1)c1cccs1. The van der Waals surface area contributed by atoms with Gasteiger partial charge in [-0.05, 0) is 33.8 Å². The second-order valence-electron chi connectivity index (χ2n) is 2.43. The van der Waals surface area contributed by atoms with Crippen LogP contribution in [0.15, 0.2) is 34.3 Å². The third-order valence-corrected chi connectivity index (χ3v) is 4.59. The summed E-state index contributed by atoms with van der Waals surface area (Å²) in [7, 11) is 0. The summed E-state index contributed by atoms with van der Waals surface area (Å²) in [6.07, 6.45) is 0. The molecule has 0 saturated carbocycles. The first-order chi connectivity index (χ1) is 5.88. The van der Waals surface area contributed by atoms with Gasteiger partial charge < -0.3 is 0 Å². The van der Waals surface area contributed by atoms with Crippen LogP contribution in [0.2, 0.25) is 0 Å². The number of rotatable bonds is 2. The maximum absolute atomic E-state index is 3.67. The van der Waals surface area contributed by atoms with E-state index in [1.807, 2.05) is 0 Å². The topological polar surface area (TPSA) is 0 Å². The van der Waals surface area contributed by atoms with Gasteiger partial charge >= 0.3 is 0 Å². The highest BCUT2D eigenvalue weighted by Crippen LogP contribution is 2.34. The Bertz CT molecular complexity index is 289. The highest BCUT2D eigenvalue weighted by Gasteiger charge is 2.10. The van der Waals surface area contributed by atoms with Crippen molar-refractivity contribution >= 4 is 38.6 Å². The molecule has 1 atom stereocenters. The molecule has 0 aromatic carbocycles. The lowest BCUT2D eigenvalue weighted by Gasteiger charge is -2.03. The number of thiophene rings is 2. The average molecular weight is 259 g/mol. The second kappa shape index (κ2) is 3.73. The second-order valence-corrected chi connectivity index (χ2v) is 5.11. The van der Waals surface area contributed by atoms with Gasteiger partial charge in [-0.3, -0.25) is 0 Å². The van der Waals surface area contributed by atoms with Gasteiger partial charge in [0, 0.05) is 4.88 Å². The lowest BCUT2D eigenvalue weighted by Crippen LogP contribution is -1.84. The minimum atomic E-state index is 0.378. The summed E-state index contributed by atoms with van der Waals surface area (Å²) in [4.78, 5) is 1.75. The predicted octanol–water partition coefficient (Wildman–Crippen LogP) is 4.29. The van der Waals surface area contributed by atoms with Crippen molar-refractivity contribution in [2.24, 2.45) is 0 Å². The molecular weight excluding hydrogens is 252 g/mol. The van der Waals surface area contributed by atoms with Gasteiger partial charge in [0.05, 0.1) is 4.83 Å². The van der Waals surface area contributed by atoms with Gasteiger partial charge in [0.2, 0.25) is 0 Å². The third kappa shape index (κ3) is 1.63. The third-order valence-electron chi connectivity index (χ3n) is 1.63. The molecule has 62 valence electrons. The normalized spacial score (nSPS) is 13.1. The molecule has 0 amide bonds. The molecule has 0 fully saturated rings. The lowest BCUT2D eigenvalue weighted by molar-refractivity contribution is 1.25. The van der Waals surface area contributed by atoms with Crippen LogP contribution in [0.1, 0.15) is 15.3 Å². The highest BCUT2D eigenvalue weighted by molar-refractivity contribution is 9.09. The molecule has 0 radical (unpaired) electrons. The molecule has 1 unspecified atom stereocenters. The van der Waals surface area contributed by atoms with Gasteiger partial charge in [0.15, 0.2) is 0 Å². The Morgan fingerprint density at radius 3 is 2.75 bits per heavy atom. The summed E-state index contributed by atoms with van der Waals surface area (Å²) in [5.41, 5.74) is 1.35. The van der Waals surface area contributed by atoms with Gasteiger partial charge in [-0.1, -0.05) is 22.0 Å². The van der Waals surface area contributed by atoms with E-state index in [2.05, 4.69) is 50.3 Å². The zero-order chi connectivity index (χ0) is 8.39. The standard InChI is InChI=1S/C9H7BrS2/c10-9(7-3-5-11-6-7)8-2-1-4-12-8/h1-6,9H. The van der Waals surface area contributed by atoms with Crippen molar-refractivity contribution in [3.63, 3.8) is 0 Å². The summed E-state index contributed by atoms with van der Waals surface area (Å²) in [6, 6.07) is 6.40. The van der Waals surface area contributed by atoms with E-state index >= 15 is 0 Å². The van der Waals surface area contributed by atoms with Crippen LogP contribution in [-0.4, -0.2) is 0 Å². The summed E-state index contributed by atoms with van der Waals surface area (Å²) >= 11 is 7.20. The van der Waals surface area contributed by atoms with E-state index in [1.54, 1.807) is 22.7 Å². The molecule has 12 heavy (non-hydrogen) atoms. The van der Waals surface area contributed by atoms with Crippen LogP contribution in [0.5, 0.6) is 0 Å². The van der Waals surface area contributed by atoms with E-state index in [0.29, 0.717) is 4.83 Å². The minimum absolute atomic E-state index is 0.378. The summed E-state index contributed by atoms with van der Waals surface area (Å²) < 4.78 is 0. The van der Waals surface area contributed by atoms with E-state index in [0.717, 1.165) is 0 Å². The first kappa shape index (κ1) is 8.48. The Morgan fingerprint density at radius 2 is 2.17 bits per heavy atom. The quantitative estimate of drug-likeness (QED) is 0.705. The van der Waals surface area contributed by atoms with Crippen molar-refractivity contribution in [2.75, 3.05) is 0 Å². The molecule has 0 nitrogen and oxygen atoms in total. The monoisotopic (exact) mass is 258 g/mol. The van der Waals surface area contributed by atoms with Crippen molar-refractivity contribution in [1.82, 2.24) is 0 Å². The van der Waals surface area contributed by atoms with Crippen molar-refractivity contribution in [2.45, 2.75) is 4.83 Å². The van der Waals surface area contributed by atoms with Crippen molar-refractivity contribution < 1.29 is 0 Å². The fraction of sp³-hybridized carbons (Fsp3) is 0.111. The number of alkyl halides is 1. The summed E-state index contributed by atoms with van der Waals surface area (Å²) in [6.45, 7) is 0. The predicted molar refractivity (Wildman–Crippen MR) is 59.4 cm³/mol. The van der Waals surface area contributed by atoms with E-state index in [9.17, 15) is 0 Å². The van der Waals surface area contributed by atoms with E-state index in [-0.39, 0.29) is 0 Å². The van der Waals surface area contributed by atoms with Crippen LogP contribution in [0.25, 0.3) is 0 Å². The zero-order valence-electron chi connectivity index (χ0n) is 6.24. The fourth-order valence-electron chi connectivity index (χ4n) is 1.02. The molecule has 3 heteroatoms. The van der Waals surface area contributed by atoms with Gasteiger partial charge in [0.1, 0.15) is 0 Å². The van der Waals surface area contributed by atoms with Gasteiger partial charge in [-0.25, -0.2) is 0 Å². The van der Waals surface area contributed by atoms with Crippen LogP contribution in [0.3, 0.4) is 0 Å². The van der Waals surface area contributed by atoms with Crippen molar-refractivity contribution in [1.29, 1.82) is 0 Å². The first-order valence-electron chi connectivity index (χ1n) is 3.57. The highest BCUT2D eigenvalue weighted by atomic mass is 79.9. The van der Waals surface area contributed by atoms with Crippen LogP contribution in [0.4, 0.5) is 0 Å². The Balaban J connectivity index is 2.27. The van der Waals surface area contributed by atoms with Crippen LogP contribution >= 0.6 is 38.6 Å². The van der Waals surface area contributed by atoms with Crippen molar-refractivity contribution in [3.05, 3.63) is 44.8 Å². The Kier molecular flexibility index (Phi) is 2.63. The van der Waals surface area contributed by atoms with Gasteiger partial charge in [0.25, 0.3) is 0 Å². The zero-order valence-corrected chi connectivity index (χ0v) is 9.45. The largest absolute Gasteiger partial charge is 0.152 e. The van der Waals surface area contributed by atoms with E-state index < -0.39 is 0 Å². The molecule has 0 N–H and O–H groups in total. The first-order valence-corrected chi connectivity index (χ1v) is 6.31. The molecule has 0 saturated heterocycles. The Morgan fingerprint density at radius 1 is 1.25 bits per heavy atom. The van der Waals surface area contributed by atoms with Crippen molar-refractivity contribution in [3.8, 4) is 0 Å². The van der Waals surface area contributed by atoms with Gasteiger partial charge in [-0.2, -0.15) is 11.3 Å². The average Bonchev–Trinajstić information content (AvgIpc) is 2.77. The molecule has 0 aliphatic carbocycles. The molecule has 0 aliphatic heterocycles.